The molecule has 0 unspecified atom stereocenters. The van der Waals surface area contributed by atoms with Gasteiger partial charge in [0.05, 0.1) is 13.2 Å². The molecular formula is C14H24O6. The van der Waals surface area contributed by atoms with Gasteiger partial charge in [0, 0.05) is 19.1 Å². The minimum absolute atomic E-state index is 0.393. The van der Waals surface area contributed by atoms with Crippen LogP contribution in [0.2, 0.25) is 0 Å². The van der Waals surface area contributed by atoms with Crippen LogP contribution in [0.3, 0.4) is 0 Å². The third-order valence-corrected chi connectivity index (χ3v) is 1.84. The molecule has 0 amide bonds. The highest BCUT2D eigenvalue weighted by Crippen LogP contribution is 1.92. The molecule has 0 saturated heterocycles. The summed E-state index contributed by atoms with van der Waals surface area (Å²) in [6, 6.07) is 0. The van der Waals surface area contributed by atoms with Gasteiger partial charge in [-0.25, -0.2) is 9.59 Å². The van der Waals surface area contributed by atoms with Crippen LogP contribution in [0, 0.1) is 0 Å². The molecule has 6 heteroatoms. The van der Waals surface area contributed by atoms with E-state index >= 15 is 0 Å². The number of carboxylic acids is 1. The van der Waals surface area contributed by atoms with Crippen molar-refractivity contribution in [3.8, 4) is 0 Å². The summed E-state index contributed by atoms with van der Waals surface area (Å²) in [5.41, 5.74) is 0. The number of hydrogen-bond donors (Lipinski definition) is 1. The first-order valence-corrected chi connectivity index (χ1v) is 6.65. The van der Waals surface area contributed by atoms with E-state index in [0.29, 0.717) is 13.2 Å². The van der Waals surface area contributed by atoms with Gasteiger partial charge in [-0.3, -0.25) is 4.79 Å². The Kier molecular flexibility index (Phi) is 15.6. The average molecular weight is 288 g/mol. The van der Waals surface area contributed by atoms with Gasteiger partial charge in [-0.15, -0.1) is 0 Å². The Morgan fingerprint density at radius 3 is 1.45 bits per heavy atom. The number of ether oxygens (including phenoxy) is 2. The standard InChI is InChI=1S/C12H20O4.C2H4O2/c1-3-5-9-15-11(13)7-8-12(14)16-10-6-4-2;1-2(3)4/h7-8H,3-6,9-10H2,1-2H3;1H3,(H,3,4)/b8-7-;. The van der Waals surface area contributed by atoms with Crippen LogP contribution in [0.5, 0.6) is 0 Å². The number of hydrogen-bond acceptors (Lipinski definition) is 5. The largest absolute Gasteiger partial charge is 0.481 e. The van der Waals surface area contributed by atoms with Gasteiger partial charge < -0.3 is 14.6 Å². The molecule has 0 saturated carbocycles. The van der Waals surface area contributed by atoms with Crippen LogP contribution < -0.4 is 0 Å². The third-order valence-electron chi connectivity index (χ3n) is 1.84. The molecule has 0 heterocycles. The monoisotopic (exact) mass is 288 g/mol. The molecule has 0 spiro atoms. The molecule has 0 atom stereocenters. The first kappa shape index (κ1) is 20.5. The average Bonchev–Trinajstić information content (AvgIpc) is 2.36. The number of carboxylic acid groups (broad SMARTS) is 1. The molecule has 0 aromatic carbocycles. The molecule has 0 aromatic heterocycles. The number of aliphatic carboxylic acids is 1. The summed E-state index contributed by atoms with van der Waals surface area (Å²) in [5.74, 6) is -1.83. The van der Waals surface area contributed by atoms with Crippen LogP contribution in [0.1, 0.15) is 46.5 Å². The highest BCUT2D eigenvalue weighted by molar-refractivity contribution is 5.91. The minimum Gasteiger partial charge on any atom is -0.481 e. The lowest BCUT2D eigenvalue weighted by molar-refractivity contribution is -0.140. The van der Waals surface area contributed by atoms with Crippen molar-refractivity contribution >= 4 is 17.9 Å². The molecule has 20 heavy (non-hydrogen) atoms. The first-order valence-electron chi connectivity index (χ1n) is 6.65. The van der Waals surface area contributed by atoms with Gasteiger partial charge in [-0.1, -0.05) is 26.7 Å². The maximum atomic E-state index is 11.0. The van der Waals surface area contributed by atoms with E-state index in [2.05, 4.69) is 0 Å². The zero-order valence-corrected chi connectivity index (χ0v) is 12.4. The highest BCUT2D eigenvalue weighted by atomic mass is 16.5. The first-order chi connectivity index (χ1) is 9.43. The summed E-state index contributed by atoms with van der Waals surface area (Å²) < 4.78 is 9.65. The number of carbonyl (C=O) groups is 3. The van der Waals surface area contributed by atoms with Crippen molar-refractivity contribution in [1.29, 1.82) is 0 Å². The lowest BCUT2D eigenvalue weighted by Crippen LogP contribution is -2.05. The van der Waals surface area contributed by atoms with Crippen LogP contribution in [0.4, 0.5) is 0 Å². The molecule has 0 bridgehead atoms. The van der Waals surface area contributed by atoms with Crippen molar-refractivity contribution in [3.05, 3.63) is 12.2 Å². The summed E-state index contributed by atoms with van der Waals surface area (Å²) in [6.07, 6.45) is 5.81. The number of rotatable bonds is 8. The fourth-order valence-electron chi connectivity index (χ4n) is 0.867. The molecular weight excluding hydrogens is 264 g/mol. The van der Waals surface area contributed by atoms with Crippen molar-refractivity contribution in [1.82, 2.24) is 0 Å². The summed E-state index contributed by atoms with van der Waals surface area (Å²) in [5, 5.41) is 7.42. The Bertz CT molecular complexity index is 281. The second-order valence-corrected chi connectivity index (χ2v) is 3.89. The predicted molar refractivity (Wildman–Crippen MR) is 74.2 cm³/mol. The SMILES string of the molecule is CC(=O)O.CCCCOC(=O)/C=C\C(=O)OCCCC. The van der Waals surface area contributed by atoms with Crippen molar-refractivity contribution in [2.45, 2.75) is 46.5 Å². The van der Waals surface area contributed by atoms with Crippen LogP contribution in [-0.4, -0.2) is 36.2 Å². The predicted octanol–water partition coefficient (Wildman–Crippen LogP) is 2.32. The molecule has 1 N–H and O–H groups in total. The second kappa shape index (κ2) is 15.2. The molecule has 0 radical (unpaired) electrons. The Balaban J connectivity index is 0. The summed E-state index contributed by atoms with van der Waals surface area (Å²) in [7, 11) is 0. The second-order valence-electron chi connectivity index (χ2n) is 3.89. The quantitative estimate of drug-likeness (QED) is 0.419. The van der Waals surface area contributed by atoms with E-state index in [-0.39, 0.29) is 0 Å². The van der Waals surface area contributed by atoms with Gasteiger partial charge in [0.15, 0.2) is 0 Å². The molecule has 0 aliphatic rings. The Labute approximate surface area is 119 Å². The molecule has 0 fully saturated rings. The Morgan fingerprint density at radius 2 is 1.20 bits per heavy atom. The van der Waals surface area contributed by atoms with Crippen LogP contribution in [0.15, 0.2) is 12.2 Å². The molecule has 0 aliphatic heterocycles. The fourth-order valence-corrected chi connectivity index (χ4v) is 0.867. The van der Waals surface area contributed by atoms with E-state index in [1.165, 1.54) is 0 Å². The van der Waals surface area contributed by atoms with Gasteiger partial charge in [-0.2, -0.15) is 0 Å². The molecule has 0 rings (SSSR count). The van der Waals surface area contributed by atoms with E-state index in [9.17, 15) is 9.59 Å². The lowest BCUT2D eigenvalue weighted by atomic mass is 10.4. The van der Waals surface area contributed by atoms with Gasteiger partial charge in [0.25, 0.3) is 5.97 Å². The zero-order valence-electron chi connectivity index (χ0n) is 12.4. The number of esters is 2. The van der Waals surface area contributed by atoms with E-state index in [0.717, 1.165) is 44.8 Å². The third kappa shape index (κ3) is 21.4. The highest BCUT2D eigenvalue weighted by Gasteiger charge is 2.00. The van der Waals surface area contributed by atoms with E-state index in [4.69, 9.17) is 19.4 Å². The Morgan fingerprint density at radius 1 is 0.900 bits per heavy atom. The van der Waals surface area contributed by atoms with Crippen molar-refractivity contribution in [2.24, 2.45) is 0 Å². The van der Waals surface area contributed by atoms with Gasteiger partial charge in [0.2, 0.25) is 0 Å². The van der Waals surface area contributed by atoms with Crippen molar-refractivity contribution in [2.75, 3.05) is 13.2 Å². The summed E-state index contributed by atoms with van der Waals surface area (Å²) in [4.78, 5) is 31.1. The fraction of sp³-hybridized carbons (Fsp3) is 0.643. The molecule has 116 valence electrons. The van der Waals surface area contributed by atoms with Gasteiger partial charge in [-0.05, 0) is 12.8 Å². The minimum atomic E-state index is -0.833. The van der Waals surface area contributed by atoms with Gasteiger partial charge in [0.1, 0.15) is 0 Å². The maximum absolute atomic E-state index is 11.0. The van der Waals surface area contributed by atoms with Gasteiger partial charge >= 0.3 is 11.9 Å². The lowest BCUT2D eigenvalue weighted by Gasteiger charge is -2.00. The van der Waals surface area contributed by atoms with E-state index in [1.807, 2.05) is 13.8 Å². The molecule has 0 aliphatic carbocycles. The smallest absolute Gasteiger partial charge is 0.331 e. The molecule has 6 nitrogen and oxygen atoms in total. The van der Waals surface area contributed by atoms with Crippen LogP contribution in [-0.2, 0) is 23.9 Å². The summed E-state index contributed by atoms with van der Waals surface area (Å²) in [6.45, 7) is 5.89. The van der Waals surface area contributed by atoms with Crippen molar-refractivity contribution < 1.29 is 29.0 Å². The number of unbranched alkanes of at least 4 members (excludes halogenated alkanes) is 2. The number of carbonyl (C=O) groups excluding carboxylic acids is 2. The normalized spacial score (nSPS) is 9.55. The topological polar surface area (TPSA) is 89.9 Å². The van der Waals surface area contributed by atoms with Crippen LogP contribution in [0.25, 0.3) is 0 Å². The van der Waals surface area contributed by atoms with E-state index in [1.54, 1.807) is 0 Å². The maximum Gasteiger partial charge on any atom is 0.331 e. The van der Waals surface area contributed by atoms with E-state index < -0.39 is 17.9 Å². The molecule has 0 aromatic rings. The zero-order chi connectivity index (χ0) is 15.8. The summed E-state index contributed by atoms with van der Waals surface area (Å²) >= 11 is 0. The Hall–Kier alpha value is -1.85. The van der Waals surface area contributed by atoms with Crippen molar-refractivity contribution in [3.63, 3.8) is 0 Å². The van der Waals surface area contributed by atoms with Crippen LogP contribution >= 0.6 is 0 Å².